The van der Waals surface area contributed by atoms with E-state index in [0.717, 1.165) is 12.8 Å². The van der Waals surface area contributed by atoms with Crippen molar-refractivity contribution in [1.82, 2.24) is 9.80 Å². The fourth-order valence-electron chi connectivity index (χ4n) is 4.13. The molecule has 8 nitrogen and oxygen atoms in total. The summed E-state index contributed by atoms with van der Waals surface area (Å²) in [7, 11) is 3.38. The van der Waals surface area contributed by atoms with Crippen molar-refractivity contribution in [2.24, 2.45) is 11.8 Å². The summed E-state index contributed by atoms with van der Waals surface area (Å²) in [6.07, 6.45) is 2.94. The number of hydrogen-bond acceptors (Lipinski definition) is 5. The van der Waals surface area contributed by atoms with E-state index in [1.54, 1.807) is 44.2 Å². The monoisotopic (exact) mass is 459 g/mol. The smallest absolute Gasteiger partial charge is 0.257 e. The van der Waals surface area contributed by atoms with Crippen LogP contribution in [-0.4, -0.2) is 73.5 Å². The average molecular weight is 460 g/mol. The number of likely N-dealkylation sites (N-methyl/N-ethyl adjacent to an activating group) is 1. The number of rotatable bonds is 5. The molecule has 1 aliphatic carbocycles. The Morgan fingerprint density at radius 3 is 2.58 bits per heavy atom. The normalized spacial score (nSPS) is 24.3. The molecule has 0 radical (unpaired) electrons. The van der Waals surface area contributed by atoms with Crippen LogP contribution in [0.5, 0.6) is 5.75 Å². The summed E-state index contributed by atoms with van der Waals surface area (Å²) in [5.74, 6) is 0.776. The molecule has 33 heavy (non-hydrogen) atoms. The van der Waals surface area contributed by atoms with E-state index in [2.05, 4.69) is 12.2 Å². The average Bonchev–Trinajstić information content (AvgIpc) is 3.61. The van der Waals surface area contributed by atoms with Crippen molar-refractivity contribution in [2.45, 2.75) is 58.6 Å². The van der Waals surface area contributed by atoms with Gasteiger partial charge in [-0.1, -0.05) is 13.8 Å². The van der Waals surface area contributed by atoms with Gasteiger partial charge in [-0.2, -0.15) is 0 Å². The van der Waals surface area contributed by atoms with Crippen LogP contribution >= 0.6 is 0 Å². The highest BCUT2D eigenvalue weighted by Gasteiger charge is 2.33. The number of amides is 3. The molecule has 1 N–H and O–H groups in total. The lowest BCUT2D eigenvalue weighted by Crippen LogP contribution is -2.48. The van der Waals surface area contributed by atoms with Crippen LogP contribution in [0.3, 0.4) is 0 Å². The van der Waals surface area contributed by atoms with Crippen molar-refractivity contribution in [3.8, 4) is 5.75 Å². The summed E-state index contributed by atoms with van der Waals surface area (Å²) in [4.78, 5) is 41.7. The zero-order valence-corrected chi connectivity index (χ0v) is 20.4. The summed E-state index contributed by atoms with van der Waals surface area (Å²) >= 11 is 0. The van der Waals surface area contributed by atoms with Crippen molar-refractivity contribution in [1.29, 1.82) is 0 Å². The Bertz CT molecular complexity index is 870. The first-order valence-electron chi connectivity index (χ1n) is 11.9. The molecule has 0 saturated heterocycles. The van der Waals surface area contributed by atoms with Crippen molar-refractivity contribution >= 4 is 23.4 Å². The van der Waals surface area contributed by atoms with E-state index in [0.29, 0.717) is 48.8 Å². The van der Waals surface area contributed by atoms with E-state index in [9.17, 15) is 14.4 Å². The van der Waals surface area contributed by atoms with Crippen molar-refractivity contribution < 1.29 is 23.9 Å². The summed E-state index contributed by atoms with van der Waals surface area (Å²) < 4.78 is 11.8. The summed E-state index contributed by atoms with van der Waals surface area (Å²) in [5, 5.41) is 2.81. The minimum Gasteiger partial charge on any atom is -0.491 e. The largest absolute Gasteiger partial charge is 0.491 e. The molecule has 1 saturated carbocycles. The van der Waals surface area contributed by atoms with Crippen molar-refractivity contribution in [3.63, 3.8) is 0 Å². The number of fused-ring (bicyclic) bond motifs is 1. The second kappa shape index (κ2) is 11.0. The molecule has 1 aromatic rings. The lowest BCUT2D eigenvalue weighted by atomic mass is 10.0. The fraction of sp³-hybridized carbons (Fsp3) is 0.640. The number of nitrogens with zero attached hydrogens (tertiary/aromatic N) is 2. The van der Waals surface area contributed by atoms with Gasteiger partial charge in [0.2, 0.25) is 11.8 Å². The standard InChI is InChI=1S/C25H37N3O5/c1-6-23(29)26-19-9-10-20-21(12-19)33-15-17(3)28(24(30)11-18-7-8-18)13-16(2)22(32-5)14-27(4)25(20)31/h9-10,12,16-18,22H,6-8,11,13-15H2,1-5H3,(H,26,29)/t16-,17+,22+/m1/s1. The van der Waals surface area contributed by atoms with Crippen LogP contribution < -0.4 is 10.1 Å². The van der Waals surface area contributed by atoms with E-state index in [1.807, 2.05) is 11.8 Å². The van der Waals surface area contributed by atoms with E-state index in [-0.39, 0.29) is 42.4 Å². The van der Waals surface area contributed by atoms with E-state index in [4.69, 9.17) is 9.47 Å². The molecule has 1 aliphatic heterocycles. The van der Waals surface area contributed by atoms with Crippen LogP contribution in [0.25, 0.3) is 0 Å². The molecule has 0 bridgehead atoms. The molecule has 1 heterocycles. The number of nitrogens with one attached hydrogen (secondary N) is 1. The molecule has 182 valence electrons. The Morgan fingerprint density at radius 1 is 1.21 bits per heavy atom. The molecule has 0 spiro atoms. The molecule has 8 heteroatoms. The predicted octanol–water partition coefficient (Wildman–Crippen LogP) is 3.17. The second-order valence-corrected chi connectivity index (χ2v) is 9.40. The van der Waals surface area contributed by atoms with Gasteiger partial charge in [0.25, 0.3) is 5.91 Å². The van der Waals surface area contributed by atoms with Crippen molar-refractivity contribution in [2.75, 3.05) is 39.2 Å². The molecule has 1 aromatic carbocycles. The second-order valence-electron chi connectivity index (χ2n) is 9.40. The van der Waals surface area contributed by atoms with Gasteiger partial charge in [-0.25, -0.2) is 0 Å². The molecule has 3 rings (SSSR count). The van der Waals surface area contributed by atoms with Crippen molar-refractivity contribution in [3.05, 3.63) is 23.8 Å². The van der Waals surface area contributed by atoms with Gasteiger partial charge in [-0.3, -0.25) is 14.4 Å². The maximum atomic E-state index is 13.2. The lowest BCUT2D eigenvalue weighted by molar-refractivity contribution is -0.135. The Kier molecular flexibility index (Phi) is 8.35. The van der Waals surface area contributed by atoms with Gasteiger partial charge in [-0.05, 0) is 37.8 Å². The molecule has 3 atom stereocenters. The van der Waals surface area contributed by atoms with Gasteiger partial charge in [0, 0.05) is 57.8 Å². The van der Waals surface area contributed by atoms with E-state index < -0.39 is 0 Å². The molecule has 0 aromatic heterocycles. The van der Waals surface area contributed by atoms with Gasteiger partial charge in [0.05, 0.1) is 17.7 Å². The molecular weight excluding hydrogens is 422 g/mol. The highest BCUT2D eigenvalue weighted by atomic mass is 16.5. The summed E-state index contributed by atoms with van der Waals surface area (Å²) in [6, 6.07) is 4.89. The number of ether oxygens (including phenoxy) is 2. The van der Waals surface area contributed by atoms with E-state index in [1.165, 1.54) is 0 Å². The topological polar surface area (TPSA) is 88.2 Å². The molecule has 1 fully saturated rings. The van der Waals surface area contributed by atoms with Crippen LogP contribution in [0.2, 0.25) is 0 Å². The van der Waals surface area contributed by atoms with Gasteiger partial charge < -0.3 is 24.6 Å². The first kappa shape index (κ1) is 25.0. The number of hydrogen-bond donors (Lipinski definition) is 1. The third-order valence-corrected chi connectivity index (χ3v) is 6.53. The zero-order valence-electron chi connectivity index (χ0n) is 20.4. The number of methoxy groups -OCH3 is 1. The number of carbonyl (C=O) groups is 3. The summed E-state index contributed by atoms with van der Waals surface area (Å²) in [6.45, 7) is 6.98. The molecule has 3 amide bonds. The van der Waals surface area contributed by atoms with Gasteiger partial charge in [0.15, 0.2) is 0 Å². The Balaban J connectivity index is 1.92. The minimum absolute atomic E-state index is 0.0429. The highest BCUT2D eigenvalue weighted by Crippen LogP contribution is 2.33. The maximum Gasteiger partial charge on any atom is 0.257 e. The maximum absolute atomic E-state index is 13.2. The number of anilines is 1. The Morgan fingerprint density at radius 2 is 1.94 bits per heavy atom. The minimum atomic E-state index is -0.214. The first-order valence-corrected chi connectivity index (χ1v) is 11.9. The predicted molar refractivity (Wildman–Crippen MR) is 126 cm³/mol. The van der Waals surface area contributed by atoms with Crippen LogP contribution in [-0.2, 0) is 14.3 Å². The number of carbonyl (C=O) groups excluding carboxylic acids is 3. The van der Waals surface area contributed by atoms with Crippen LogP contribution in [0.4, 0.5) is 5.69 Å². The first-order chi connectivity index (χ1) is 15.7. The van der Waals surface area contributed by atoms with E-state index >= 15 is 0 Å². The van der Waals surface area contributed by atoms with Gasteiger partial charge in [0.1, 0.15) is 12.4 Å². The summed E-state index contributed by atoms with van der Waals surface area (Å²) in [5.41, 5.74) is 0.985. The van der Waals surface area contributed by atoms with Crippen LogP contribution in [0.15, 0.2) is 18.2 Å². The third kappa shape index (κ3) is 6.47. The third-order valence-electron chi connectivity index (χ3n) is 6.53. The Labute approximate surface area is 196 Å². The quantitative estimate of drug-likeness (QED) is 0.731. The SMILES string of the molecule is CCC(=O)Nc1ccc2c(c1)OC[C@H](C)N(C(=O)CC1CC1)C[C@@H](C)[C@@H](OC)CN(C)C2=O. The van der Waals surface area contributed by atoms with Gasteiger partial charge >= 0.3 is 0 Å². The fourth-order valence-corrected chi connectivity index (χ4v) is 4.13. The van der Waals surface area contributed by atoms with Crippen LogP contribution in [0.1, 0.15) is 56.8 Å². The Hall–Kier alpha value is -2.61. The van der Waals surface area contributed by atoms with Gasteiger partial charge in [-0.15, -0.1) is 0 Å². The number of benzene rings is 1. The lowest BCUT2D eigenvalue weighted by Gasteiger charge is -2.36. The molecule has 0 unspecified atom stereocenters. The molecular formula is C25H37N3O5. The molecule has 2 aliphatic rings. The highest BCUT2D eigenvalue weighted by molar-refractivity contribution is 5.98. The zero-order chi connectivity index (χ0) is 24.1. The van der Waals surface area contributed by atoms with Crippen LogP contribution in [0, 0.1) is 11.8 Å².